The zero-order valence-corrected chi connectivity index (χ0v) is 8.95. The lowest BCUT2D eigenvalue weighted by atomic mass is 10.0. The Kier molecular flexibility index (Phi) is 2.56. The molecule has 1 heterocycles. The van der Waals surface area contributed by atoms with Crippen LogP contribution in [-0.2, 0) is 6.54 Å². The molecule has 2 aromatic rings. The number of benzene rings is 1. The van der Waals surface area contributed by atoms with Crippen LogP contribution < -0.4 is 5.73 Å². The van der Waals surface area contributed by atoms with Crippen LogP contribution >= 0.6 is 0 Å². The molecule has 0 fully saturated rings. The van der Waals surface area contributed by atoms with Crippen molar-refractivity contribution in [3.05, 3.63) is 41.5 Å². The van der Waals surface area contributed by atoms with E-state index in [4.69, 9.17) is 10.2 Å². The zero-order chi connectivity index (χ0) is 10.8. The summed E-state index contributed by atoms with van der Waals surface area (Å²) < 4.78 is 5.42. The second kappa shape index (κ2) is 3.87. The van der Waals surface area contributed by atoms with Gasteiger partial charge < -0.3 is 10.2 Å². The quantitative estimate of drug-likeness (QED) is 0.813. The Labute approximate surface area is 88.9 Å². The molecule has 0 bridgehead atoms. The largest absolute Gasteiger partial charge is 0.446 e. The monoisotopic (exact) mass is 202 g/mol. The lowest BCUT2D eigenvalue weighted by Crippen LogP contribution is -1.99. The van der Waals surface area contributed by atoms with Gasteiger partial charge in [0.05, 0.1) is 0 Å². The van der Waals surface area contributed by atoms with Crippen LogP contribution in [0.4, 0.5) is 0 Å². The molecule has 15 heavy (non-hydrogen) atoms. The van der Waals surface area contributed by atoms with Crippen molar-refractivity contribution < 1.29 is 4.42 Å². The van der Waals surface area contributed by atoms with E-state index < -0.39 is 0 Å². The van der Waals surface area contributed by atoms with Gasteiger partial charge in [-0.25, -0.2) is 4.98 Å². The van der Waals surface area contributed by atoms with Gasteiger partial charge in [-0.3, -0.25) is 0 Å². The lowest BCUT2D eigenvalue weighted by molar-refractivity contribution is 0.495. The Balaban J connectivity index is 2.58. The summed E-state index contributed by atoms with van der Waals surface area (Å²) in [5.74, 6) is 1.53. The highest BCUT2D eigenvalue weighted by atomic mass is 16.4. The van der Waals surface area contributed by atoms with Crippen molar-refractivity contribution in [2.45, 2.75) is 20.4 Å². The maximum atomic E-state index is 5.69. The van der Waals surface area contributed by atoms with Crippen molar-refractivity contribution in [1.82, 2.24) is 4.98 Å². The van der Waals surface area contributed by atoms with E-state index in [-0.39, 0.29) is 0 Å². The van der Waals surface area contributed by atoms with E-state index in [0.29, 0.717) is 12.4 Å². The standard InChI is InChI=1S/C12H14N2O/c1-8-12(14-9(2)15-8)11-6-4-3-5-10(11)7-13/h3-6H,7,13H2,1-2H3. The molecule has 0 aliphatic carbocycles. The first-order chi connectivity index (χ1) is 7.22. The molecule has 3 heteroatoms. The number of hydrogen-bond donors (Lipinski definition) is 1. The number of nitrogens with zero attached hydrogens (tertiary/aromatic N) is 1. The van der Waals surface area contributed by atoms with Crippen LogP contribution in [-0.4, -0.2) is 4.98 Å². The van der Waals surface area contributed by atoms with Crippen LogP contribution in [0.2, 0.25) is 0 Å². The normalized spacial score (nSPS) is 10.6. The highest BCUT2D eigenvalue weighted by Gasteiger charge is 2.11. The van der Waals surface area contributed by atoms with Crippen LogP contribution in [0.3, 0.4) is 0 Å². The number of aromatic nitrogens is 1. The predicted octanol–water partition coefficient (Wildman–Crippen LogP) is 2.42. The molecule has 0 saturated carbocycles. The summed E-state index contributed by atoms with van der Waals surface area (Å²) in [5, 5.41) is 0. The van der Waals surface area contributed by atoms with Gasteiger partial charge in [0.1, 0.15) is 11.5 Å². The first-order valence-corrected chi connectivity index (χ1v) is 4.94. The molecule has 78 valence electrons. The SMILES string of the molecule is Cc1nc(-c2ccccc2CN)c(C)o1. The van der Waals surface area contributed by atoms with Gasteiger partial charge in [-0.2, -0.15) is 0 Å². The molecular formula is C12H14N2O. The molecule has 3 nitrogen and oxygen atoms in total. The summed E-state index contributed by atoms with van der Waals surface area (Å²) in [5.41, 5.74) is 8.74. The summed E-state index contributed by atoms with van der Waals surface area (Å²) in [6.45, 7) is 4.28. The van der Waals surface area contributed by atoms with Gasteiger partial charge in [-0.05, 0) is 12.5 Å². The predicted molar refractivity (Wildman–Crippen MR) is 59.3 cm³/mol. The number of nitrogens with two attached hydrogens (primary N) is 1. The van der Waals surface area contributed by atoms with Crippen molar-refractivity contribution in [2.24, 2.45) is 5.73 Å². The fourth-order valence-corrected chi connectivity index (χ4v) is 1.71. The molecule has 2 N–H and O–H groups in total. The third kappa shape index (κ3) is 1.78. The van der Waals surface area contributed by atoms with E-state index in [2.05, 4.69) is 4.98 Å². The molecule has 0 unspecified atom stereocenters. The second-order valence-corrected chi connectivity index (χ2v) is 3.50. The Hall–Kier alpha value is -1.61. The first kappa shape index (κ1) is 9.93. The fraction of sp³-hybridized carbons (Fsp3) is 0.250. The van der Waals surface area contributed by atoms with E-state index in [0.717, 1.165) is 22.6 Å². The number of aryl methyl sites for hydroxylation is 2. The van der Waals surface area contributed by atoms with Crippen LogP contribution in [0.15, 0.2) is 28.7 Å². The van der Waals surface area contributed by atoms with Crippen LogP contribution in [0, 0.1) is 13.8 Å². The summed E-state index contributed by atoms with van der Waals surface area (Å²) in [6, 6.07) is 8.00. The summed E-state index contributed by atoms with van der Waals surface area (Å²) in [7, 11) is 0. The number of rotatable bonds is 2. The minimum Gasteiger partial charge on any atom is -0.446 e. The molecule has 0 atom stereocenters. The zero-order valence-electron chi connectivity index (χ0n) is 8.95. The van der Waals surface area contributed by atoms with Crippen molar-refractivity contribution in [1.29, 1.82) is 0 Å². The average Bonchev–Trinajstić information content (AvgIpc) is 2.57. The van der Waals surface area contributed by atoms with Gasteiger partial charge >= 0.3 is 0 Å². The Morgan fingerprint density at radius 1 is 1.27 bits per heavy atom. The molecule has 0 saturated heterocycles. The Bertz CT molecular complexity index is 474. The van der Waals surface area contributed by atoms with Gasteiger partial charge in [0.2, 0.25) is 0 Å². The molecule has 0 amide bonds. The first-order valence-electron chi connectivity index (χ1n) is 4.94. The van der Waals surface area contributed by atoms with Gasteiger partial charge in [-0.1, -0.05) is 24.3 Å². The van der Waals surface area contributed by atoms with Crippen molar-refractivity contribution in [3.63, 3.8) is 0 Å². The minimum atomic E-state index is 0.515. The molecular weight excluding hydrogens is 188 g/mol. The number of oxazole rings is 1. The van der Waals surface area contributed by atoms with Crippen molar-refractivity contribution in [2.75, 3.05) is 0 Å². The summed E-state index contributed by atoms with van der Waals surface area (Å²) >= 11 is 0. The van der Waals surface area contributed by atoms with Gasteiger partial charge in [0, 0.05) is 19.0 Å². The van der Waals surface area contributed by atoms with Gasteiger partial charge in [-0.15, -0.1) is 0 Å². The van der Waals surface area contributed by atoms with Crippen LogP contribution in [0.5, 0.6) is 0 Å². The smallest absolute Gasteiger partial charge is 0.191 e. The van der Waals surface area contributed by atoms with E-state index in [9.17, 15) is 0 Å². The number of hydrogen-bond acceptors (Lipinski definition) is 3. The molecule has 0 aliphatic rings. The van der Waals surface area contributed by atoms with Gasteiger partial charge in [0.15, 0.2) is 5.89 Å². The van der Waals surface area contributed by atoms with Crippen molar-refractivity contribution in [3.8, 4) is 11.3 Å². The Morgan fingerprint density at radius 2 is 2.00 bits per heavy atom. The maximum absolute atomic E-state index is 5.69. The highest BCUT2D eigenvalue weighted by molar-refractivity contribution is 5.65. The second-order valence-electron chi connectivity index (χ2n) is 3.50. The molecule has 1 aromatic heterocycles. The topological polar surface area (TPSA) is 52.0 Å². The molecule has 2 rings (SSSR count). The third-order valence-electron chi connectivity index (χ3n) is 2.40. The molecule has 0 radical (unpaired) electrons. The average molecular weight is 202 g/mol. The van der Waals surface area contributed by atoms with E-state index in [1.165, 1.54) is 0 Å². The molecule has 1 aromatic carbocycles. The van der Waals surface area contributed by atoms with Gasteiger partial charge in [0.25, 0.3) is 0 Å². The molecule has 0 aliphatic heterocycles. The lowest BCUT2D eigenvalue weighted by Gasteiger charge is -2.04. The Morgan fingerprint density at radius 3 is 2.60 bits per heavy atom. The van der Waals surface area contributed by atoms with E-state index in [1.807, 2.05) is 38.1 Å². The van der Waals surface area contributed by atoms with Crippen molar-refractivity contribution >= 4 is 0 Å². The molecule has 0 spiro atoms. The van der Waals surface area contributed by atoms with Crippen LogP contribution in [0.1, 0.15) is 17.2 Å². The summed E-state index contributed by atoms with van der Waals surface area (Å²) in [4.78, 5) is 4.37. The third-order valence-corrected chi connectivity index (χ3v) is 2.40. The minimum absolute atomic E-state index is 0.515. The maximum Gasteiger partial charge on any atom is 0.191 e. The summed E-state index contributed by atoms with van der Waals surface area (Å²) in [6.07, 6.45) is 0. The van der Waals surface area contributed by atoms with E-state index in [1.54, 1.807) is 0 Å². The highest BCUT2D eigenvalue weighted by Crippen LogP contribution is 2.26. The fourth-order valence-electron chi connectivity index (χ4n) is 1.71. The van der Waals surface area contributed by atoms with E-state index >= 15 is 0 Å². The van der Waals surface area contributed by atoms with Crippen LogP contribution in [0.25, 0.3) is 11.3 Å².